The van der Waals surface area contributed by atoms with Gasteiger partial charge < -0.3 is 4.42 Å². The van der Waals surface area contributed by atoms with E-state index in [2.05, 4.69) is 24.3 Å². The topological polar surface area (TPSA) is 13.1 Å². The lowest BCUT2D eigenvalue weighted by atomic mass is 9.84. The van der Waals surface area contributed by atoms with Crippen molar-refractivity contribution in [3.63, 3.8) is 0 Å². The van der Waals surface area contributed by atoms with Gasteiger partial charge in [-0.25, -0.2) is 0 Å². The molecule has 0 saturated carbocycles. The van der Waals surface area contributed by atoms with Crippen LogP contribution in [-0.4, -0.2) is 0 Å². The van der Waals surface area contributed by atoms with Gasteiger partial charge in [0.25, 0.3) is 0 Å². The van der Waals surface area contributed by atoms with Crippen molar-refractivity contribution in [2.75, 3.05) is 0 Å². The monoisotopic (exact) mass is 502 g/mol. The minimum atomic E-state index is -0.429. The van der Waals surface area contributed by atoms with E-state index in [1.54, 1.807) is 0 Å². The van der Waals surface area contributed by atoms with Gasteiger partial charge in [-0.15, -0.1) is 0 Å². The van der Waals surface area contributed by atoms with Gasteiger partial charge >= 0.3 is 0 Å². The summed E-state index contributed by atoms with van der Waals surface area (Å²) < 4.78 is 56.7. The number of benzene rings is 7. The Labute approximate surface area is 235 Å². The van der Waals surface area contributed by atoms with Gasteiger partial charge in [0, 0.05) is 16.3 Å². The van der Waals surface area contributed by atoms with E-state index >= 15 is 0 Å². The van der Waals surface area contributed by atoms with E-state index in [1.807, 2.05) is 84.9 Å². The van der Waals surface area contributed by atoms with Crippen LogP contribution in [0.4, 0.5) is 0 Å². The molecule has 0 N–H and O–H groups in total. The van der Waals surface area contributed by atoms with Crippen molar-refractivity contribution in [1.82, 2.24) is 0 Å². The number of fused-ring (bicyclic) bond motifs is 5. The molecule has 1 heteroatoms. The minimum absolute atomic E-state index is 0.111. The molecule has 0 atom stereocenters. The molecule has 8 rings (SSSR count). The molecule has 1 nitrogen and oxygen atoms in total. The Morgan fingerprint density at radius 3 is 1.67 bits per heavy atom. The van der Waals surface area contributed by atoms with E-state index in [1.165, 1.54) is 0 Å². The Balaban J connectivity index is 1.54. The summed E-state index contributed by atoms with van der Waals surface area (Å²) in [7, 11) is 0. The van der Waals surface area contributed by atoms with Crippen molar-refractivity contribution in [3.8, 4) is 33.4 Å². The largest absolute Gasteiger partial charge is 0.455 e. The highest BCUT2D eigenvalue weighted by molar-refractivity contribution is 6.26. The van der Waals surface area contributed by atoms with Gasteiger partial charge in [-0.3, -0.25) is 0 Å². The van der Waals surface area contributed by atoms with Crippen LogP contribution in [0.2, 0.25) is 0 Å². The normalized spacial score (nSPS) is 13.7. The number of furan rings is 1. The number of rotatable bonds is 3. The first kappa shape index (κ1) is 16.7. The van der Waals surface area contributed by atoms with E-state index in [-0.39, 0.29) is 29.7 Å². The molecule has 8 aromatic rings. The predicted molar refractivity (Wildman–Crippen MR) is 165 cm³/mol. The molecular weight excluding hydrogens is 472 g/mol. The second-order valence-corrected chi connectivity index (χ2v) is 9.59. The third-order valence-corrected chi connectivity index (χ3v) is 7.50. The van der Waals surface area contributed by atoms with Crippen molar-refractivity contribution < 1.29 is 12.6 Å². The molecule has 0 spiro atoms. The molecule has 0 amide bonds. The lowest BCUT2D eigenvalue weighted by molar-refractivity contribution is 0.670. The SMILES string of the molecule is [2H]c1ccc(-c2c3ccccc3c(-c3ccc(-c4c([2H])c([2H])c([2H])c([2H])c4[2H])c4oc5ccccc5c34)c3ccccc23)cc1. The molecule has 0 bridgehead atoms. The fourth-order valence-electron chi connectivity index (χ4n) is 5.90. The van der Waals surface area contributed by atoms with Crippen molar-refractivity contribution in [3.05, 3.63) is 145 Å². The second-order valence-electron chi connectivity index (χ2n) is 9.59. The first-order valence-corrected chi connectivity index (χ1v) is 12.9. The third kappa shape index (κ3) is 3.34. The van der Waals surface area contributed by atoms with Crippen molar-refractivity contribution in [2.24, 2.45) is 0 Å². The van der Waals surface area contributed by atoms with E-state index < -0.39 is 6.04 Å². The molecular formula is C38H24O. The van der Waals surface area contributed by atoms with Crippen LogP contribution in [0.25, 0.3) is 76.9 Å². The zero-order valence-electron chi connectivity index (χ0n) is 26.8. The Morgan fingerprint density at radius 2 is 1.00 bits per heavy atom. The summed E-state index contributed by atoms with van der Waals surface area (Å²) in [5, 5.41) is 5.92. The van der Waals surface area contributed by atoms with E-state index in [0.29, 0.717) is 22.8 Å². The van der Waals surface area contributed by atoms with Gasteiger partial charge in [-0.05, 0) is 61.5 Å². The Kier molecular flexibility index (Phi) is 3.72. The summed E-state index contributed by atoms with van der Waals surface area (Å²) >= 11 is 0. The van der Waals surface area contributed by atoms with Crippen LogP contribution >= 0.6 is 0 Å². The summed E-state index contributed by atoms with van der Waals surface area (Å²) in [6.07, 6.45) is 0. The summed E-state index contributed by atoms with van der Waals surface area (Å²) in [4.78, 5) is 0. The van der Waals surface area contributed by atoms with Crippen LogP contribution in [0, 0.1) is 0 Å². The maximum Gasteiger partial charge on any atom is 0.143 e. The third-order valence-electron chi connectivity index (χ3n) is 7.50. The first-order valence-electron chi connectivity index (χ1n) is 15.9. The van der Waals surface area contributed by atoms with E-state index in [4.69, 9.17) is 12.6 Å². The van der Waals surface area contributed by atoms with Crippen molar-refractivity contribution >= 4 is 43.5 Å². The number of hydrogen-bond donors (Lipinski definition) is 0. The first-order chi connectivity index (χ1) is 21.8. The lowest BCUT2D eigenvalue weighted by Crippen LogP contribution is -1.91. The molecule has 7 aromatic carbocycles. The van der Waals surface area contributed by atoms with Crippen LogP contribution in [0.3, 0.4) is 0 Å². The van der Waals surface area contributed by atoms with Gasteiger partial charge in [0.1, 0.15) is 11.2 Å². The van der Waals surface area contributed by atoms with Gasteiger partial charge in [0.15, 0.2) is 0 Å². The molecule has 182 valence electrons. The van der Waals surface area contributed by atoms with Crippen LogP contribution in [0.5, 0.6) is 0 Å². The summed E-state index contributed by atoms with van der Waals surface area (Å²) in [5.41, 5.74) is 5.74. The average molecular weight is 503 g/mol. The lowest BCUT2D eigenvalue weighted by Gasteiger charge is -2.18. The predicted octanol–water partition coefficient (Wildman–Crippen LogP) is 10.9. The summed E-state index contributed by atoms with van der Waals surface area (Å²) in [6, 6.07) is 34.5. The van der Waals surface area contributed by atoms with Crippen LogP contribution in [0.15, 0.2) is 150 Å². The summed E-state index contributed by atoms with van der Waals surface area (Å²) in [6.45, 7) is 0. The Hall–Kier alpha value is -5.14. The average Bonchev–Trinajstić information content (AvgIpc) is 3.46. The number of hydrogen-bond acceptors (Lipinski definition) is 1. The molecule has 0 aliphatic rings. The van der Waals surface area contributed by atoms with Gasteiger partial charge in [-0.2, -0.15) is 0 Å². The maximum absolute atomic E-state index is 8.71. The van der Waals surface area contributed by atoms with Crippen molar-refractivity contribution in [1.29, 1.82) is 0 Å². The zero-order valence-corrected chi connectivity index (χ0v) is 20.8. The highest BCUT2D eigenvalue weighted by Gasteiger charge is 2.21. The minimum Gasteiger partial charge on any atom is -0.455 e. The highest BCUT2D eigenvalue weighted by Crippen LogP contribution is 2.48. The van der Waals surface area contributed by atoms with Crippen LogP contribution in [0.1, 0.15) is 8.22 Å². The Morgan fingerprint density at radius 1 is 0.436 bits per heavy atom. The van der Waals surface area contributed by atoms with Crippen LogP contribution < -0.4 is 0 Å². The molecule has 1 heterocycles. The fourth-order valence-corrected chi connectivity index (χ4v) is 5.90. The Bertz CT molecular complexity index is 2410. The number of para-hydroxylation sites is 1. The molecule has 0 radical (unpaired) electrons. The van der Waals surface area contributed by atoms with E-state index in [9.17, 15) is 0 Å². The molecule has 0 saturated heterocycles. The standard InChI is InChI=1S/C38H24O/c1-3-13-25(14-4-1)27-23-24-33(37-32-21-11-12-22-34(32)39-38(27)37)36-30-19-9-7-17-28(30)35(26-15-5-2-6-16-26)29-18-8-10-20-31(29)36/h1-24H/i1D,2D,3D,4D,13D,14D. The maximum atomic E-state index is 8.71. The molecule has 0 aliphatic heterocycles. The van der Waals surface area contributed by atoms with Gasteiger partial charge in [0.05, 0.1) is 8.22 Å². The smallest absolute Gasteiger partial charge is 0.143 e. The highest BCUT2D eigenvalue weighted by atomic mass is 16.3. The van der Waals surface area contributed by atoms with Crippen molar-refractivity contribution in [2.45, 2.75) is 0 Å². The fraction of sp³-hybridized carbons (Fsp3) is 0. The zero-order chi connectivity index (χ0) is 31.0. The summed E-state index contributed by atoms with van der Waals surface area (Å²) in [5.74, 6) is 0. The molecule has 1 aromatic heterocycles. The molecule has 0 unspecified atom stereocenters. The molecule has 0 aliphatic carbocycles. The second kappa shape index (κ2) is 8.72. The molecule has 39 heavy (non-hydrogen) atoms. The molecule has 0 fully saturated rings. The van der Waals surface area contributed by atoms with Crippen LogP contribution in [-0.2, 0) is 0 Å². The van der Waals surface area contributed by atoms with Gasteiger partial charge in [-0.1, -0.05) is 133 Å². The van der Waals surface area contributed by atoms with E-state index in [0.717, 1.165) is 54.6 Å². The quantitative estimate of drug-likeness (QED) is 0.219. The van der Waals surface area contributed by atoms with Gasteiger partial charge in [0.2, 0.25) is 0 Å².